The van der Waals surface area contributed by atoms with E-state index in [1.54, 1.807) is 12.1 Å². The summed E-state index contributed by atoms with van der Waals surface area (Å²) in [6.45, 7) is 15.2. The van der Waals surface area contributed by atoms with E-state index < -0.39 is 0 Å². The molecule has 8 heteroatoms. The highest BCUT2D eigenvalue weighted by molar-refractivity contribution is 6.09. The van der Waals surface area contributed by atoms with E-state index in [-0.39, 0.29) is 17.1 Å². The molecule has 236 valence electrons. The van der Waals surface area contributed by atoms with Crippen LogP contribution in [0.3, 0.4) is 0 Å². The van der Waals surface area contributed by atoms with Crippen molar-refractivity contribution in [1.82, 2.24) is 19.8 Å². The minimum Gasteiger partial charge on any atom is -0.508 e. The molecular formula is C36H49N5O3. The Balaban J connectivity index is 0.00000168. The van der Waals surface area contributed by atoms with Crippen LogP contribution in [0, 0.1) is 18.3 Å². The lowest BCUT2D eigenvalue weighted by molar-refractivity contribution is 0.0751. The SMILES string of the molecule is CC.Cc1cccc2cc(O)cc(C(=O)N3Cc4nc(OCC5(CN6CCCCC6)CC5)nc(N5CCCC(C)C5)c4C3)c12. The van der Waals surface area contributed by atoms with E-state index in [1.165, 1.54) is 51.6 Å². The van der Waals surface area contributed by atoms with Crippen molar-refractivity contribution in [3.05, 3.63) is 52.7 Å². The summed E-state index contributed by atoms with van der Waals surface area (Å²) in [6, 6.07) is 9.68. The first-order valence-electron chi connectivity index (χ1n) is 16.9. The summed E-state index contributed by atoms with van der Waals surface area (Å²) >= 11 is 0. The average Bonchev–Trinajstić information content (AvgIpc) is 3.66. The van der Waals surface area contributed by atoms with Gasteiger partial charge in [-0.2, -0.15) is 9.97 Å². The van der Waals surface area contributed by atoms with Crippen molar-refractivity contribution < 1.29 is 14.6 Å². The van der Waals surface area contributed by atoms with Crippen LogP contribution in [0.2, 0.25) is 0 Å². The maximum Gasteiger partial charge on any atom is 0.318 e. The normalized spacial score (nSPS) is 21.0. The predicted octanol–water partition coefficient (Wildman–Crippen LogP) is 6.71. The third-order valence-corrected chi connectivity index (χ3v) is 9.86. The second-order valence-electron chi connectivity index (χ2n) is 13.4. The molecule has 4 aliphatic rings. The Morgan fingerprint density at radius 1 is 1.05 bits per heavy atom. The molecule has 0 spiro atoms. The summed E-state index contributed by atoms with van der Waals surface area (Å²) in [5, 5.41) is 12.2. The van der Waals surface area contributed by atoms with Gasteiger partial charge in [-0.15, -0.1) is 0 Å². The van der Waals surface area contributed by atoms with Gasteiger partial charge in [-0.05, 0) is 92.9 Å². The van der Waals surface area contributed by atoms with Crippen molar-refractivity contribution in [3.8, 4) is 11.8 Å². The summed E-state index contributed by atoms with van der Waals surface area (Å²) in [5.41, 5.74) is 3.67. The molecule has 2 aromatic carbocycles. The number of hydrogen-bond donors (Lipinski definition) is 1. The van der Waals surface area contributed by atoms with E-state index in [2.05, 4.69) is 16.7 Å². The van der Waals surface area contributed by atoms with Gasteiger partial charge in [-0.25, -0.2) is 0 Å². The van der Waals surface area contributed by atoms with Crippen molar-refractivity contribution in [1.29, 1.82) is 0 Å². The monoisotopic (exact) mass is 599 g/mol. The van der Waals surface area contributed by atoms with Crippen molar-refractivity contribution in [2.75, 3.05) is 44.2 Å². The van der Waals surface area contributed by atoms with Crippen LogP contribution in [-0.4, -0.2) is 70.1 Å². The second kappa shape index (κ2) is 12.9. The number of hydrogen-bond acceptors (Lipinski definition) is 7. The summed E-state index contributed by atoms with van der Waals surface area (Å²) in [7, 11) is 0. The smallest absolute Gasteiger partial charge is 0.318 e. The van der Waals surface area contributed by atoms with Crippen molar-refractivity contribution in [2.24, 2.45) is 11.3 Å². The molecule has 1 aromatic heterocycles. The molecule has 1 saturated carbocycles. The highest BCUT2D eigenvalue weighted by atomic mass is 16.5. The average molecular weight is 600 g/mol. The van der Waals surface area contributed by atoms with Crippen LogP contribution in [0.5, 0.6) is 11.8 Å². The maximum absolute atomic E-state index is 14.0. The number of rotatable bonds is 7. The number of carbonyl (C=O) groups excluding carboxylic acids is 1. The fourth-order valence-corrected chi connectivity index (χ4v) is 7.34. The fourth-order valence-electron chi connectivity index (χ4n) is 7.34. The number of aromatic hydroxyl groups is 1. The number of phenolic OH excluding ortho intramolecular Hbond substituents is 1. The molecule has 4 heterocycles. The van der Waals surface area contributed by atoms with Gasteiger partial charge in [-0.3, -0.25) is 4.79 Å². The lowest BCUT2D eigenvalue weighted by atomic mass is 9.98. The molecule has 3 aliphatic heterocycles. The highest BCUT2D eigenvalue weighted by Crippen LogP contribution is 2.47. The van der Waals surface area contributed by atoms with E-state index in [9.17, 15) is 9.90 Å². The molecule has 7 rings (SSSR count). The predicted molar refractivity (Wildman–Crippen MR) is 175 cm³/mol. The Hall–Kier alpha value is -3.39. The quantitative estimate of drug-likeness (QED) is 0.323. The molecule has 3 aromatic rings. The first kappa shape index (κ1) is 30.6. The van der Waals surface area contributed by atoms with Gasteiger partial charge in [0.05, 0.1) is 31.0 Å². The van der Waals surface area contributed by atoms with Crippen LogP contribution in [0.1, 0.15) is 92.9 Å². The zero-order valence-corrected chi connectivity index (χ0v) is 27.1. The van der Waals surface area contributed by atoms with Crippen LogP contribution in [0.15, 0.2) is 30.3 Å². The van der Waals surface area contributed by atoms with Gasteiger partial charge >= 0.3 is 6.01 Å². The molecule has 1 aliphatic carbocycles. The van der Waals surface area contributed by atoms with Gasteiger partial charge in [0.15, 0.2) is 0 Å². The number of amides is 1. The standard InChI is InChI=1S/C34H43N5O3.C2H6/c1-23-8-7-15-38(18-23)31-28-19-39(32(41)27-17-26(40)16-25-10-6-9-24(2)30(25)27)20-29(28)35-33(36-31)42-22-34(11-12-34)21-37-13-4-3-5-14-37;1-2/h6,9-10,16-17,23,40H,3-5,7-8,11-15,18-22H2,1-2H3;1-2H3. The highest BCUT2D eigenvalue weighted by Gasteiger charge is 2.45. The summed E-state index contributed by atoms with van der Waals surface area (Å²) in [5.74, 6) is 1.52. The Labute approximate surface area is 262 Å². The number of likely N-dealkylation sites (tertiary alicyclic amines) is 1. The second-order valence-corrected chi connectivity index (χ2v) is 13.4. The first-order chi connectivity index (χ1) is 21.4. The van der Waals surface area contributed by atoms with Gasteiger partial charge in [0.2, 0.25) is 0 Å². The third-order valence-electron chi connectivity index (χ3n) is 9.86. The molecular weight excluding hydrogens is 550 g/mol. The zero-order valence-electron chi connectivity index (χ0n) is 27.1. The first-order valence-corrected chi connectivity index (χ1v) is 16.9. The number of fused-ring (bicyclic) bond motifs is 2. The molecule has 0 bridgehead atoms. The number of aryl methyl sites for hydroxylation is 1. The van der Waals surface area contributed by atoms with Crippen molar-refractivity contribution in [3.63, 3.8) is 0 Å². The van der Waals surface area contributed by atoms with Crippen molar-refractivity contribution >= 4 is 22.5 Å². The molecule has 0 radical (unpaired) electrons. The molecule has 2 saturated heterocycles. The molecule has 1 amide bonds. The zero-order chi connectivity index (χ0) is 30.8. The Morgan fingerprint density at radius 3 is 2.59 bits per heavy atom. The molecule has 1 N–H and O–H groups in total. The third kappa shape index (κ3) is 6.37. The van der Waals surface area contributed by atoms with E-state index in [0.29, 0.717) is 37.2 Å². The number of phenols is 1. The van der Waals surface area contributed by atoms with Gasteiger partial charge < -0.3 is 24.5 Å². The molecule has 1 atom stereocenters. The topological polar surface area (TPSA) is 82.0 Å². The number of aromatic nitrogens is 2. The minimum atomic E-state index is -0.0953. The Kier molecular flexibility index (Phi) is 8.99. The van der Waals surface area contributed by atoms with E-state index in [1.807, 2.05) is 43.9 Å². The lowest BCUT2D eigenvalue weighted by Crippen LogP contribution is -2.37. The van der Waals surface area contributed by atoms with Crippen LogP contribution in [-0.2, 0) is 13.1 Å². The number of piperidine rings is 2. The minimum absolute atomic E-state index is 0.0953. The maximum atomic E-state index is 14.0. The van der Waals surface area contributed by atoms with Crippen LogP contribution in [0.4, 0.5) is 5.82 Å². The Bertz CT molecular complexity index is 1500. The summed E-state index contributed by atoms with van der Waals surface area (Å²) < 4.78 is 6.42. The number of benzene rings is 2. The molecule has 3 fully saturated rings. The van der Waals surface area contributed by atoms with Crippen molar-refractivity contribution in [2.45, 2.75) is 85.7 Å². The van der Waals surface area contributed by atoms with Gasteiger partial charge in [0, 0.05) is 30.6 Å². The molecule has 1 unspecified atom stereocenters. The molecule has 44 heavy (non-hydrogen) atoms. The summed E-state index contributed by atoms with van der Waals surface area (Å²) in [4.78, 5) is 30.8. The number of nitrogens with zero attached hydrogens (tertiary/aromatic N) is 5. The number of carbonyl (C=O) groups is 1. The van der Waals surface area contributed by atoms with Crippen LogP contribution >= 0.6 is 0 Å². The fraction of sp³-hybridized carbons (Fsp3) is 0.583. The molecule has 8 nitrogen and oxygen atoms in total. The van der Waals surface area contributed by atoms with Gasteiger partial charge in [0.1, 0.15) is 11.6 Å². The number of anilines is 1. The van der Waals surface area contributed by atoms with Gasteiger partial charge in [-0.1, -0.05) is 45.4 Å². The van der Waals surface area contributed by atoms with Crippen LogP contribution < -0.4 is 9.64 Å². The van der Waals surface area contributed by atoms with E-state index in [4.69, 9.17) is 14.7 Å². The number of ether oxygens (including phenoxy) is 1. The Morgan fingerprint density at radius 2 is 1.84 bits per heavy atom. The van der Waals surface area contributed by atoms with Crippen LogP contribution in [0.25, 0.3) is 10.8 Å². The van der Waals surface area contributed by atoms with Gasteiger partial charge in [0.25, 0.3) is 5.91 Å². The largest absolute Gasteiger partial charge is 0.508 e. The van der Waals surface area contributed by atoms with E-state index >= 15 is 0 Å². The summed E-state index contributed by atoms with van der Waals surface area (Å²) in [6.07, 6.45) is 8.70. The van der Waals surface area contributed by atoms with E-state index in [0.717, 1.165) is 59.5 Å². The lowest BCUT2D eigenvalue weighted by Gasteiger charge is -2.33.